The number of hydrogen-bond acceptors (Lipinski definition) is 6. The molecule has 0 aliphatic heterocycles. The van der Waals surface area contributed by atoms with Gasteiger partial charge < -0.3 is 9.84 Å². The molecule has 2 rings (SSSR count). The molecule has 8 heteroatoms. The number of aromatic amines is 1. The van der Waals surface area contributed by atoms with Crippen LogP contribution in [0.3, 0.4) is 0 Å². The smallest absolute Gasteiger partial charge is 0.227 e. The Bertz CT molecular complexity index is 477. The van der Waals surface area contributed by atoms with Gasteiger partial charge in [0.1, 0.15) is 12.2 Å². The molecule has 0 unspecified atom stereocenters. The zero-order valence-electron chi connectivity index (χ0n) is 9.30. The number of nitrogens with one attached hydrogen (secondary N) is 2. The lowest BCUT2D eigenvalue weighted by atomic mass is 10.3. The van der Waals surface area contributed by atoms with Crippen LogP contribution in [0.1, 0.15) is 24.0 Å². The third kappa shape index (κ3) is 3.37. The first kappa shape index (κ1) is 11.2. The Morgan fingerprint density at radius 3 is 3.12 bits per heavy atom. The van der Waals surface area contributed by atoms with E-state index >= 15 is 0 Å². The molecule has 0 atom stereocenters. The van der Waals surface area contributed by atoms with Gasteiger partial charge in [0.15, 0.2) is 5.82 Å². The Kier molecular flexibility index (Phi) is 3.43. The van der Waals surface area contributed by atoms with E-state index in [0.717, 1.165) is 0 Å². The Morgan fingerprint density at radius 1 is 1.59 bits per heavy atom. The van der Waals surface area contributed by atoms with Gasteiger partial charge in [0.25, 0.3) is 0 Å². The molecule has 8 nitrogen and oxygen atoms in total. The first-order chi connectivity index (χ1) is 8.24. The summed E-state index contributed by atoms with van der Waals surface area (Å²) in [7, 11) is 0. The zero-order chi connectivity index (χ0) is 12.1. The molecule has 0 fully saturated rings. The van der Waals surface area contributed by atoms with Gasteiger partial charge in [0.2, 0.25) is 11.8 Å². The van der Waals surface area contributed by atoms with Crippen LogP contribution in [-0.4, -0.2) is 31.2 Å². The molecule has 2 aromatic rings. The number of carbonyl (C=O) groups is 1. The lowest BCUT2D eigenvalue weighted by molar-refractivity contribution is -0.121. The topological polar surface area (TPSA) is 110 Å². The molecule has 0 saturated heterocycles. The van der Waals surface area contributed by atoms with Crippen LogP contribution in [0.15, 0.2) is 10.9 Å². The van der Waals surface area contributed by atoms with Crippen molar-refractivity contribution in [1.29, 1.82) is 0 Å². The van der Waals surface area contributed by atoms with E-state index in [1.807, 2.05) is 0 Å². The Balaban J connectivity index is 1.71. The molecule has 0 radical (unpaired) electrons. The number of hydrogen-bond donors (Lipinski definition) is 2. The van der Waals surface area contributed by atoms with E-state index in [0.29, 0.717) is 36.9 Å². The van der Waals surface area contributed by atoms with Crippen molar-refractivity contribution in [2.45, 2.75) is 26.3 Å². The second-order valence-corrected chi connectivity index (χ2v) is 3.44. The minimum absolute atomic E-state index is 0.0998. The lowest BCUT2D eigenvalue weighted by Gasteiger charge is -2.00. The van der Waals surface area contributed by atoms with Gasteiger partial charge in [0.05, 0.1) is 6.54 Å². The van der Waals surface area contributed by atoms with E-state index in [9.17, 15) is 4.79 Å². The van der Waals surface area contributed by atoms with Gasteiger partial charge in [-0.2, -0.15) is 10.1 Å². The zero-order valence-corrected chi connectivity index (χ0v) is 9.30. The average molecular weight is 236 g/mol. The maximum Gasteiger partial charge on any atom is 0.227 e. The fraction of sp³-hybridized carbons (Fsp3) is 0.444. The standard InChI is InChI=1S/C9H12N6O2/c1-6-13-9(17-15-6)3-2-8(16)10-4-7-11-5-12-14-7/h5H,2-4H2,1H3,(H,10,16)(H,11,12,14). The molecule has 0 aliphatic carbocycles. The molecule has 0 spiro atoms. The minimum atomic E-state index is -0.0998. The molecular formula is C9H12N6O2. The van der Waals surface area contributed by atoms with Crippen molar-refractivity contribution in [1.82, 2.24) is 30.6 Å². The summed E-state index contributed by atoms with van der Waals surface area (Å²) < 4.78 is 4.90. The Morgan fingerprint density at radius 2 is 2.47 bits per heavy atom. The number of amides is 1. The summed E-state index contributed by atoms with van der Waals surface area (Å²) in [6.07, 6.45) is 2.13. The maximum atomic E-state index is 11.5. The summed E-state index contributed by atoms with van der Waals surface area (Å²) in [4.78, 5) is 19.3. The molecule has 1 amide bonds. The third-order valence-electron chi connectivity index (χ3n) is 2.05. The molecular weight excluding hydrogens is 224 g/mol. The molecule has 0 aromatic carbocycles. The summed E-state index contributed by atoms with van der Waals surface area (Å²) in [5.74, 6) is 1.56. The number of aromatic nitrogens is 5. The average Bonchev–Trinajstić information content (AvgIpc) is 2.95. The third-order valence-corrected chi connectivity index (χ3v) is 2.05. The second-order valence-electron chi connectivity index (χ2n) is 3.44. The number of rotatable bonds is 5. The summed E-state index contributed by atoms with van der Waals surface area (Å²) in [6.45, 7) is 2.07. The largest absolute Gasteiger partial charge is 0.349 e. The van der Waals surface area contributed by atoms with Crippen LogP contribution in [0.4, 0.5) is 0 Å². The van der Waals surface area contributed by atoms with E-state index in [2.05, 4.69) is 30.6 Å². The van der Waals surface area contributed by atoms with Gasteiger partial charge in [-0.15, -0.1) is 0 Å². The van der Waals surface area contributed by atoms with Crippen molar-refractivity contribution < 1.29 is 9.32 Å². The fourth-order valence-corrected chi connectivity index (χ4v) is 1.25. The van der Waals surface area contributed by atoms with E-state index < -0.39 is 0 Å². The predicted molar refractivity (Wildman–Crippen MR) is 55.6 cm³/mol. The van der Waals surface area contributed by atoms with Crippen LogP contribution in [-0.2, 0) is 17.8 Å². The van der Waals surface area contributed by atoms with Crippen molar-refractivity contribution in [2.24, 2.45) is 0 Å². The fourth-order valence-electron chi connectivity index (χ4n) is 1.25. The first-order valence-corrected chi connectivity index (χ1v) is 5.14. The van der Waals surface area contributed by atoms with E-state index in [-0.39, 0.29) is 5.91 Å². The number of H-pyrrole nitrogens is 1. The van der Waals surface area contributed by atoms with Gasteiger partial charge in [0, 0.05) is 12.8 Å². The Labute approximate surface area is 96.8 Å². The molecule has 2 N–H and O–H groups in total. The summed E-state index contributed by atoms with van der Waals surface area (Å²) in [5, 5.41) is 12.7. The highest BCUT2D eigenvalue weighted by Crippen LogP contribution is 1.99. The van der Waals surface area contributed by atoms with E-state index in [1.165, 1.54) is 6.33 Å². The number of carbonyl (C=O) groups excluding carboxylic acids is 1. The van der Waals surface area contributed by atoms with Crippen LogP contribution < -0.4 is 5.32 Å². The van der Waals surface area contributed by atoms with Crippen molar-refractivity contribution in [3.05, 3.63) is 23.9 Å². The van der Waals surface area contributed by atoms with Crippen LogP contribution in [0.25, 0.3) is 0 Å². The highest BCUT2D eigenvalue weighted by Gasteiger charge is 2.07. The van der Waals surface area contributed by atoms with Crippen LogP contribution in [0, 0.1) is 6.92 Å². The SMILES string of the molecule is Cc1noc(CCC(=O)NCc2ncn[nH]2)n1. The summed E-state index contributed by atoms with van der Waals surface area (Å²) in [5.41, 5.74) is 0. The lowest BCUT2D eigenvalue weighted by Crippen LogP contribution is -2.23. The van der Waals surface area contributed by atoms with Gasteiger partial charge >= 0.3 is 0 Å². The van der Waals surface area contributed by atoms with Crippen molar-refractivity contribution >= 4 is 5.91 Å². The van der Waals surface area contributed by atoms with Crippen LogP contribution >= 0.6 is 0 Å². The second kappa shape index (κ2) is 5.19. The maximum absolute atomic E-state index is 11.5. The number of nitrogens with zero attached hydrogens (tertiary/aromatic N) is 4. The summed E-state index contributed by atoms with van der Waals surface area (Å²) >= 11 is 0. The van der Waals surface area contributed by atoms with Crippen molar-refractivity contribution in [3.63, 3.8) is 0 Å². The Hall–Kier alpha value is -2.25. The molecule has 17 heavy (non-hydrogen) atoms. The van der Waals surface area contributed by atoms with E-state index in [4.69, 9.17) is 4.52 Å². The van der Waals surface area contributed by atoms with Gasteiger partial charge in [-0.05, 0) is 6.92 Å². The van der Waals surface area contributed by atoms with Crippen molar-refractivity contribution in [2.75, 3.05) is 0 Å². The van der Waals surface area contributed by atoms with Crippen LogP contribution in [0.5, 0.6) is 0 Å². The first-order valence-electron chi connectivity index (χ1n) is 5.14. The molecule has 2 aromatic heterocycles. The van der Waals surface area contributed by atoms with Gasteiger partial charge in [-0.1, -0.05) is 5.16 Å². The monoisotopic (exact) mass is 236 g/mol. The predicted octanol–water partition coefficient (Wildman–Crippen LogP) is -0.255. The normalized spacial score (nSPS) is 10.4. The quantitative estimate of drug-likeness (QED) is 0.740. The molecule has 0 aliphatic rings. The molecule has 0 saturated carbocycles. The van der Waals surface area contributed by atoms with Crippen LogP contribution in [0.2, 0.25) is 0 Å². The van der Waals surface area contributed by atoms with Gasteiger partial charge in [-0.3, -0.25) is 9.89 Å². The number of aryl methyl sites for hydroxylation is 2. The highest BCUT2D eigenvalue weighted by molar-refractivity contribution is 5.75. The highest BCUT2D eigenvalue weighted by atomic mass is 16.5. The van der Waals surface area contributed by atoms with E-state index in [1.54, 1.807) is 6.92 Å². The molecule has 2 heterocycles. The molecule has 90 valence electrons. The minimum Gasteiger partial charge on any atom is -0.349 e. The molecule has 0 bridgehead atoms. The summed E-state index contributed by atoms with van der Waals surface area (Å²) in [6, 6.07) is 0. The van der Waals surface area contributed by atoms with Gasteiger partial charge in [-0.25, -0.2) is 4.98 Å². The van der Waals surface area contributed by atoms with Crippen molar-refractivity contribution in [3.8, 4) is 0 Å².